The molecule has 8 heteroatoms. The van der Waals surface area contributed by atoms with E-state index in [1.807, 2.05) is 0 Å². The number of rotatable bonds is 5. The molecule has 17 heavy (non-hydrogen) atoms. The largest absolute Gasteiger partial charge is 0.382 e. The fraction of sp³-hybridized carbons (Fsp3) is 0.222. The third-order valence-electron chi connectivity index (χ3n) is 1.90. The average Bonchev–Trinajstić information content (AvgIpc) is 2.26. The highest BCUT2D eigenvalue weighted by atomic mass is 79.9. The quantitative estimate of drug-likeness (QED) is 0.683. The van der Waals surface area contributed by atoms with Gasteiger partial charge in [0.1, 0.15) is 6.10 Å². The van der Waals surface area contributed by atoms with Gasteiger partial charge in [-0.05, 0) is 18.2 Å². The maximum atomic E-state index is 11.7. The van der Waals surface area contributed by atoms with Gasteiger partial charge in [0, 0.05) is 11.0 Å². The van der Waals surface area contributed by atoms with E-state index >= 15 is 0 Å². The van der Waals surface area contributed by atoms with Gasteiger partial charge >= 0.3 is 0 Å². The van der Waals surface area contributed by atoms with E-state index in [-0.39, 0.29) is 4.90 Å². The van der Waals surface area contributed by atoms with Gasteiger partial charge in [-0.1, -0.05) is 22.0 Å². The molecule has 1 rings (SSSR count). The van der Waals surface area contributed by atoms with Crippen molar-refractivity contribution in [1.82, 2.24) is 4.72 Å². The van der Waals surface area contributed by atoms with Crippen LogP contribution in [0.25, 0.3) is 0 Å². The SMILES string of the molecule is NC(=O)C(O)CNS(=O)(=O)c1cccc(Br)c1. The van der Waals surface area contributed by atoms with Crippen LogP contribution in [0.15, 0.2) is 33.6 Å². The molecule has 1 aromatic carbocycles. The molecule has 0 saturated carbocycles. The molecule has 1 atom stereocenters. The first-order chi connectivity index (χ1) is 7.83. The zero-order chi connectivity index (χ0) is 13.1. The molecule has 0 aliphatic heterocycles. The maximum Gasteiger partial charge on any atom is 0.247 e. The summed E-state index contributed by atoms with van der Waals surface area (Å²) in [6.07, 6.45) is -1.54. The molecule has 1 aromatic rings. The standard InChI is InChI=1S/C9H11BrN2O4S/c10-6-2-1-3-7(4-6)17(15,16)12-5-8(13)9(11)14/h1-4,8,12-13H,5H2,(H2,11,14). The summed E-state index contributed by atoms with van der Waals surface area (Å²) in [5.74, 6) is -0.984. The van der Waals surface area contributed by atoms with E-state index < -0.39 is 28.6 Å². The van der Waals surface area contributed by atoms with Crippen LogP contribution in [0.5, 0.6) is 0 Å². The number of halogens is 1. The zero-order valence-corrected chi connectivity index (χ0v) is 11.0. The lowest BCUT2D eigenvalue weighted by atomic mass is 10.3. The van der Waals surface area contributed by atoms with Crippen LogP contribution in [-0.4, -0.2) is 32.1 Å². The van der Waals surface area contributed by atoms with E-state index in [1.54, 1.807) is 12.1 Å². The van der Waals surface area contributed by atoms with Crippen molar-refractivity contribution in [2.45, 2.75) is 11.0 Å². The number of primary amides is 1. The van der Waals surface area contributed by atoms with Gasteiger partial charge < -0.3 is 10.8 Å². The molecular weight excluding hydrogens is 312 g/mol. The predicted octanol–water partition coefficient (Wildman–Crippen LogP) is -0.426. The van der Waals surface area contributed by atoms with Crippen molar-refractivity contribution in [3.05, 3.63) is 28.7 Å². The number of amides is 1. The van der Waals surface area contributed by atoms with Crippen LogP contribution in [0, 0.1) is 0 Å². The zero-order valence-electron chi connectivity index (χ0n) is 8.63. The minimum Gasteiger partial charge on any atom is -0.382 e. The highest BCUT2D eigenvalue weighted by Gasteiger charge is 2.18. The second kappa shape index (κ2) is 5.58. The molecule has 94 valence electrons. The monoisotopic (exact) mass is 322 g/mol. The number of hydrogen-bond donors (Lipinski definition) is 3. The predicted molar refractivity (Wildman–Crippen MR) is 64.5 cm³/mol. The fourth-order valence-electron chi connectivity index (χ4n) is 1.01. The molecule has 0 fully saturated rings. The first-order valence-electron chi connectivity index (χ1n) is 4.55. The molecule has 1 unspecified atom stereocenters. The van der Waals surface area contributed by atoms with Crippen molar-refractivity contribution in [1.29, 1.82) is 0 Å². The van der Waals surface area contributed by atoms with Crippen LogP contribution in [0.2, 0.25) is 0 Å². The van der Waals surface area contributed by atoms with E-state index in [9.17, 15) is 13.2 Å². The fourth-order valence-corrected chi connectivity index (χ4v) is 2.64. The first kappa shape index (κ1) is 14.1. The number of sulfonamides is 1. The van der Waals surface area contributed by atoms with E-state index in [0.29, 0.717) is 4.47 Å². The Morgan fingerprint density at radius 1 is 1.53 bits per heavy atom. The van der Waals surface area contributed by atoms with Gasteiger partial charge in [-0.3, -0.25) is 4.79 Å². The molecule has 0 spiro atoms. The van der Waals surface area contributed by atoms with Crippen molar-refractivity contribution in [3.63, 3.8) is 0 Å². The van der Waals surface area contributed by atoms with Crippen molar-refractivity contribution >= 4 is 31.9 Å². The second-order valence-corrected chi connectivity index (χ2v) is 5.91. The number of nitrogens with two attached hydrogens (primary N) is 1. The number of aliphatic hydroxyl groups is 1. The normalized spacial score (nSPS) is 13.3. The number of benzene rings is 1. The minimum absolute atomic E-state index is 0.0311. The molecule has 0 aromatic heterocycles. The Kier molecular flexibility index (Phi) is 4.63. The average molecular weight is 323 g/mol. The Balaban J connectivity index is 2.79. The van der Waals surface area contributed by atoms with Gasteiger partial charge in [0.25, 0.3) is 0 Å². The summed E-state index contributed by atoms with van der Waals surface area (Å²) in [6, 6.07) is 6.03. The van der Waals surface area contributed by atoms with Gasteiger partial charge in [-0.25, -0.2) is 13.1 Å². The highest BCUT2D eigenvalue weighted by Crippen LogP contribution is 2.15. The van der Waals surface area contributed by atoms with E-state index in [2.05, 4.69) is 20.7 Å². The Hall–Kier alpha value is -0.960. The highest BCUT2D eigenvalue weighted by molar-refractivity contribution is 9.10. The van der Waals surface area contributed by atoms with Crippen LogP contribution in [0.4, 0.5) is 0 Å². The summed E-state index contributed by atoms with van der Waals surface area (Å²) < 4.78 is 26.1. The van der Waals surface area contributed by atoms with Gasteiger partial charge in [0.2, 0.25) is 15.9 Å². The van der Waals surface area contributed by atoms with E-state index in [4.69, 9.17) is 10.8 Å². The Morgan fingerprint density at radius 3 is 2.71 bits per heavy atom. The number of carbonyl (C=O) groups is 1. The smallest absolute Gasteiger partial charge is 0.247 e. The molecule has 0 heterocycles. The molecule has 0 aliphatic rings. The summed E-state index contributed by atoms with van der Waals surface area (Å²) in [7, 11) is -3.76. The summed E-state index contributed by atoms with van der Waals surface area (Å²) in [5.41, 5.74) is 4.80. The number of carbonyl (C=O) groups excluding carboxylic acids is 1. The van der Waals surface area contributed by atoms with Crippen molar-refractivity contribution in [3.8, 4) is 0 Å². The van der Waals surface area contributed by atoms with Crippen LogP contribution in [0.3, 0.4) is 0 Å². The topological polar surface area (TPSA) is 109 Å². The number of aliphatic hydroxyl groups excluding tert-OH is 1. The molecular formula is C9H11BrN2O4S. The van der Waals surface area contributed by atoms with Crippen LogP contribution in [-0.2, 0) is 14.8 Å². The summed E-state index contributed by atoms with van der Waals surface area (Å²) in [4.78, 5) is 10.6. The molecule has 0 bridgehead atoms. The third-order valence-corrected chi connectivity index (χ3v) is 3.82. The number of nitrogens with one attached hydrogen (secondary N) is 1. The van der Waals surface area contributed by atoms with Crippen molar-refractivity contribution in [2.75, 3.05) is 6.54 Å². The van der Waals surface area contributed by atoms with Gasteiger partial charge in [0.15, 0.2) is 0 Å². The molecule has 1 amide bonds. The Morgan fingerprint density at radius 2 is 2.18 bits per heavy atom. The maximum absolute atomic E-state index is 11.7. The summed E-state index contributed by atoms with van der Waals surface area (Å²) in [5, 5.41) is 9.08. The molecule has 0 aliphatic carbocycles. The third kappa shape index (κ3) is 4.08. The van der Waals surface area contributed by atoms with Crippen molar-refractivity contribution < 1.29 is 18.3 Å². The first-order valence-corrected chi connectivity index (χ1v) is 6.83. The van der Waals surface area contributed by atoms with Gasteiger partial charge in [-0.15, -0.1) is 0 Å². The van der Waals surface area contributed by atoms with E-state index in [0.717, 1.165) is 0 Å². The minimum atomic E-state index is -3.76. The summed E-state index contributed by atoms with van der Waals surface area (Å²) in [6.45, 7) is -0.454. The van der Waals surface area contributed by atoms with Gasteiger partial charge in [0.05, 0.1) is 4.90 Å². The Labute approximate surface area is 107 Å². The molecule has 4 N–H and O–H groups in total. The summed E-state index contributed by atoms with van der Waals surface area (Å²) >= 11 is 3.14. The molecule has 0 radical (unpaired) electrons. The van der Waals surface area contributed by atoms with Crippen LogP contribution >= 0.6 is 15.9 Å². The lowest BCUT2D eigenvalue weighted by Crippen LogP contribution is -2.39. The number of hydrogen-bond acceptors (Lipinski definition) is 4. The van der Waals surface area contributed by atoms with E-state index in [1.165, 1.54) is 12.1 Å². The van der Waals surface area contributed by atoms with Crippen LogP contribution < -0.4 is 10.5 Å². The molecule has 6 nitrogen and oxygen atoms in total. The van der Waals surface area contributed by atoms with Crippen LogP contribution in [0.1, 0.15) is 0 Å². The van der Waals surface area contributed by atoms with Crippen molar-refractivity contribution in [2.24, 2.45) is 5.73 Å². The van der Waals surface area contributed by atoms with Gasteiger partial charge in [-0.2, -0.15) is 0 Å². The lowest BCUT2D eigenvalue weighted by Gasteiger charge is -2.09. The Bertz CT molecular complexity index is 517. The second-order valence-electron chi connectivity index (χ2n) is 3.23. The molecule has 0 saturated heterocycles. The lowest BCUT2D eigenvalue weighted by molar-refractivity contribution is -0.125.